The molecular formula is C15H18FN3O. The topological polar surface area (TPSA) is 53.1 Å². The first kappa shape index (κ1) is 13.1. The number of hydrogen-bond donors (Lipinski definition) is 1. The summed E-state index contributed by atoms with van der Waals surface area (Å²) in [6, 6.07) is 4.39. The van der Waals surface area contributed by atoms with Crippen LogP contribution in [0.25, 0.3) is 0 Å². The van der Waals surface area contributed by atoms with Gasteiger partial charge in [0.2, 0.25) is 0 Å². The highest BCUT2D eigenvalue weighted by Gasteiger charge is 2.29. The smallest absolute Gasteiger partial charge is 0.129 e. The number of benzene rings is 1. The lowest BCUT2D eigenvalue weighted by Crippen LogP contribution is -2.24. The van der Waals surface area contributed by atoms with E-state index in [0.29, 0.717) is 12.2 Å². The van der Waals surface area contributed by atoms with Gasteiger partial charge in [-0.15, -0.1) is 0 Å². The van der Waals surface area contributed by atoms with Crippen LogP contribution in [0.1, 0.15) is 42.3 Å². The number of ether oxygens (including phenoxy) is 1. The number of rotatable bonds is 2. The predicted octanol–water partition coefficient (Wildman–Crippen LogP) is 2.65. The fourth-order valence-corrected chi connectivity index (χ4v) is 2.76. The highest BCUT2D eigenvalue weighted by atomic mass is 19.1. The van der Waals surface area contributed by atoms with E-state index in [4.69, 9.17) is 10.5 Å². The van der Waals surface area contributed by atoms with Crippen molar-refractivity contribution < 1.29 is 9.13 Å². The lowest BCUT2D eigenvalue weighted by molar-refractivity contribution is 0.160. The van der Waals surface area contributed by atoms with Gasteiger partial charge < -0.3 is 10.5 Å². The largest absolute Gasteiger partial charge is 0.485 e. The highest BCUT2D eigenvalue weighted by molar-refractivity contribution is 5.39. The maximum absolute atomic E-state index is 13.4. The number of aromatic nitrogens is 2. The van der Waals surface area contributed by atoms with Crippen molar-refractivity contribution in [3.05, 3.63) is 47.0 Å². The van der Waals surface area contributed by atoms with Crippen LogP contribution in [0.15, 0.2) is 24.4 Å². The van der Waals surface area contributed by atoms with E-state index in [0.717, 1.165) is 23.2 Å². The molecule has 0 bridgehead atoms. The Morgan fingerprint density at radius 2 is 2.25 bits per heavy atom. The Morgan fingerprint density at radius 3 is 3.00 bits per heavy atom. The molecule has 0 saturated carbocycles. The second kappa shape index (κ2) is 4.90. The van der Waals surface area contributed by atoms with Crippen molar-refractivity contribution in [2.45, 2.75) is 31.9 Å². The molecule has 1 unspecified atom stereocenters. The summed E-state index contributed by atoms with van der Waals surface area (Å²) < 4.78 is 21.1. The lowest BCUT2D eigenvalue weighted by atomic mass is 9.93. The Labute approximate surface area is 117 Å². The Bertz CT molecular complexity index is 638. The molecular weight excluding hydrogens is 257 g/mol. The highest BCUT2D eigenvalue weighted by Crippen LogP contribution is 2.40. The quantitative estimate of drug-likeness (QED) is 0.916. The average molecular weight is 275 g/mol. The molecule has 0 saturated heterocycles. The van der Waals surface area contributed by atoms with Crippen LogP contribution in [0, 0.1) is 5.82 Å². The molecule has 1 aromatic heterocycles. The summed E-state index contributed by atoms with van der Waals surface area (Å²) >= 11 is 0. The molecule has 1 aromatic carbocycles. The zero-order chi connectivity index (χ0) is 14.3. The Hall–Kier alpha value is -1.88. The van der Waals surface area contributed by atoms with E-state index in [1.54, 1.807) is 10.7 Å². The van der Waals surface area contributed by atoms with Gasteiger partial charge in [-0.2, -0.15) is 5.10 Å². The maximum Gasteiger partial charge on any atom is 0.129 e. The minimum Gasteiger partial charge on any atom is -0.485 e. The Balaban J connectivity index is 1.98. The normalized spacial score (nSPS) is 21.4. The number of hydrogen-bond acceptors (Lipinski definition) is 3. The molecule has 106 valence electrons. The van der Waals surface area contributed by atoms with Crippen LogP contribution in [-0.4, -0.2) is 9.78 Å². The fourth-order valence-electron chi connectivity index (χ4n) is 2.76. The van der Waals surface area contributed by atoms with E-state index >= 15 is 0 Å². The van der Waals surface area contributed by atoms with E-state index < -0.39 is 0 Å². The molecule has 0 fully saturated rings. The number of fused-ring (bicyclic) bond motifs is 1. The molecule has 5 heteroatoms. The molecule has 20 heavy (non-hydrogen) atoms. The van der Waals surface area contributed by atoms with Crippen LogP contribution in [0.4, 0.5) is 4.39 Å². The molecule has 2 N–H and O–H groups in total. The average Bonchev–Trinajstić information content (AvgIpc) is 2.79. The van der Waals surface area contributed by atoms with Crippen molar-refractivity contribution in [1.29, 1.82) is 0 Å². The monoisotopic (exact) mass is 275 g/mol. The van der Waals surface area contributed by atoms with E-state index in [1.165, 1.54) is 12.1 Å². The van der Waals surface area contributed by atoms with Crippen LogP contribution in [-0.2, 0) is 13.5 Å². The van der Waals surface area contributed by atoms with Gasteiger partial charge >= 0.3 is 0 Å². The lowest BCUT2D eigenvalue weighted by Gasteiger charge is -2.30. The van der Waals surface area contributed by atoms with Crippen LogP contribution >= 0.6 is 0 Å². The van der Waals surface area contributed by atoms with Gasteiger partial charge in [-0.3, -0.25) is 4.68 Å². The minimum atomic E-state index is -0.307. The SMILES string of the molecule is CCc1nn(C)cc1C1C[C@H](N)c2ccc(F)cc2O1. The van der Waals surface area contributed by atoms with Gasteiger partial charge in [0.1, 0.15) is 17.7 Å². The summed E-state index contributed by atoms with van der Waals surface area (Å²) in [7, 11) is 1.89. The van der Waals surface area contributed by atoms with Crippen LogP contribution < -0.4 is 10.5 Å². The zero-order valence-electron chi connectivity index (χ0n) is 11.6. The summed E-state index contributed by atoms with van der Waals surface area (Å²) in [5.74, 6) is 0.234. The van der Waals surface area contributed by atoms with Crippen molar-refractivity contribution in [1.82, 2.24) is 9.78 Å². The van der Waals surface area contributed by atoms with Gasteiger partial charge in [-0.05, 0) is 12.5 Å². The Kier molecular flexibility index (Phi) is 3.22. The number of aryl methyl sites for hydroxylation is 2. The molecule has 0 aliphatic carbocycles. The maximum atomic E-state index is 13.4. The van der Waals surface area contributed by atoms with Gasteiger partial charge in [0.05, 0.1) is 5.69 Å². The van der Waals surface area contributed by atoms with Crippen molar-refractivity contribution in [3.63, 3.8) is 0 Å². The van der Waals surface area contributed by atoms with Crippen molar-refractivity contribution in [3.8, 4) is 5.75 Å². The first-order valence-corrected chi connectivity index (χ1v) is 6.82. The van der Waals surface area contributed by atoms with Crippen molar-refractivity contribution >= 4 is 0 Å². The third-order valence-electron chi connectivity index (χ3n) is 3.73. The molecule has 4 nitrogen and oxygen atoms in total. The summed E-state index contributed by atoms with van der Waals surface area (Å²) in [5, 5.41) is 4.42. The van der Waals surface area contributed by atoms with Gasteiger partial charge in [0, 0.05) is 42.9 Å². The summed E-state index contributed by atoms with van der Waals surface area (Å²) in [6.45, 7) is 2.06. The van der Waals surface area contributed by atoms with Gasteiger partial charge in [-0.25, -0.2) is 4.39 Å². The van der Waals surface area contributed by atoms with Crippen LogP contribution in [0.2, 0.25) is 0 Å². The van der Waals surface area contributed by atoms with Crippen LogP contribution in [0.3, 0.4) is 0 Å². The molecule has 1 aliphatic heterocycles. The summed E-state index contributed by atoms with van der Waals surface area (Å²) in [4.78, 5) is 0. The molecule has 0 spiro atoms. The minimum absolute atomic E-state index is 0.144. The molecule has 2 atom stereocenters. The second-order valence-corrected chi connectivity index (χ2v) is 5.19. The van der Waals surface area contributed by atoms with E-state index in [2.05, 4.69) is 12.0 Å². The summed E-state index contributed by atoms with van der Waals surface area (Å²) in [6.07, 6.45) is 3.31. The fraction of sp³-hybridized carbons (Fsp3) is 0.400. The molecule has 2 heterocycles. The van der Waals surface area contributed by atoms with Crippen molar-refractivity contribution in [2.75, 3.05) is 0 Å². The van der Waals surface area contributed by atoms with Gasteiger partial charge in [-0.1, -0.05) is 13.0 Å². The third-order valence-corrected chi connectivity index (χ3v) is 3.73. The van der Waals surface area contributed by atoms with E-state index in [9.17, 15) is 4.39 Å². The molecule has 0 amide bonds. The molecule has 1 aliphatic rings. The molecule has 3 rings (SSSR count). The van der Waals surface area contributed by atoms with Gasteiger partial charge in [0.15, 0.2) is 0 Å². The third kappa shape index (κ3) is 2.18. The number of nitrogens with zero attached hydrogens (tertiary/aromatic N) is 2. The Morgan fingerprint density at radius 1 is 1.45 bits per heavy atom. The van der Waals surface area contributed by atoms with E-state index in [-0.39, 0.29) is 18.0 Å². The van der Waals surface area contributed by atoms with Crippen molar-refractivity contribution in [2.24, 2.45) is 12.8 Å². The summed E-state index contributed by atoms with van der Waals surface area (Å²) in [5.41, 5.74) is 9.10. The molecule has 2 aromatic rings. The zero-order valence-corrected chi connectivity index (χ0v) is 11.6. The molecule has 0 radical (unpaired) electrons. The number of halogens is 1. The first-order chi connectivity index (χ1) is 9.58. The standard InChI is InChI=1S/C15H18FN3O/c1-3-13-11(8-19(2)18-13)15-7-12(17)10-5-4-9(16)6-14(10)20-15/h4-6,8,12,15H,3,7,17H2,1-2H3/t12-,15?/m0/s1. The van der Waals surface area contributed by atoms with Gasteiger partial charge in [0.25, 0.3) is 0 Å². The predicted molar refractivity (Wildman–Crippen MR) is 73.9 cm³/mol. The second-order valence-electron chi connectivity index (χ2n) is 5.19. The van der Waals surface area contributed by atoms with E-state index in [1.807, 2.05) is 13.2 Å². The van der Waals surface area contributed by atoms with Crippen LogP contribution in [0.5, 0.6) is 5.75 Å². The first-order valence-electron chi connectivity index (χ1n) is 6.82. The number of nitrogens with two attached hydrogens (primary N) is 1.